The lowest BCUT2D eigenvalue weighted by Crippen LogP contribution is -2.34. The molecule has 0 aliphatic carbocycles. The lowest BCUT2D eigenvalue weighted by Gasteiger charge is -2.12. The van der Waals surface area contributed by atoms with Crippen molar-refractivity contribution in [2.45, 2.75) is 11.0 Å². The fourth-order valence-corrected chi connectivity index (χ4v) is 3.00. The van der Waals surface area contributed by atoms with Gasteiger partial charge in [-0.15, -0.1) is 0 Å². The monoisotopic (exact) mass is 291 g/mol. The van der Waals surface area contributed by atoms with Crippen LogP contribution in [0.25, 0.3) is 0 Å². The van der Waals surface area contributed by atoms with Crippen molar-refractivity contribution in [1.82, 2.24) is 5.32 Å². The van der Waals surface area contributed by atoms with Gasteiger partial charge in [0.05, 0.1) is 18.5 Å². The maximum absolute atomic E-state index is 13.4. The summed E-state index contributed by atoms with van der Waals surface area (Å²) in [6, 6.07) is 5.13. The molecule has 1 unspecified atom stereocenters. The Labute approximate surface area is 112 Å². The molecule has 0 aliphatic rings. The number of aliphatic hydroxyl groups excluding tert-OH is 1. The molecule has 2 N–H and O–H groups in total. The van der Waals surface area contributed by atoms with Crippen LogP contribution in [0.1, 0.15) is 0 Å². The zero-order valence-electron chi connectivity index (χ0n) is 10.7. The summed E-state index contributed by atoms with van der Waals surface area (Å²) < 4.78 is 42.0. The summed E-state index contributed by atoms with van der Waals surface area (Å²) >= 11 is 0. The van der Waals surface area contributed by atoms with Gasteiger partial charge in [-0.25, -0.2) is 12.8 Å². The van der Waals surface area contributed by atoms with E-state index in [1.165, 1.54) is 18.2 Å². The molecule has 0 radical (unpaired) electrons. The van der Waals surface area contributed by atoms with Gasteiger partial charge in [-0.2, -0.15) is 0 Å². The van der Waals surface area contributed by atoms with E-state index in [1.54, 1.807) is 7.11 Å². The van der Waals surface area contributed by atoms with E-state index in [4.69, 9.17) is 4.74 Å². The van der Waals surface area contributed by atoms with Crippen molar-refractivity contribution in [1.29, 1.82) is 0 Å². The summed E-state index contributed by atoms with van der Waals surface area (Å²) in [6.45, 7) is 1.08. The van der Waals surface area contributed by atoms with Crippen molar-refractivity contribution in [3.63, 3.8) is 0 Å². The first kappa shape index (κ1) is 16.0. The van der Waals surface area contributed by atoms with Crippen molar-refractivity contribution >= 4 is 9.84 Å². The van der Waals surface area contributed by atoms with Crippen molar-refractivity contribution < 1.29 is 22.7 Å². The molecule has 1 aromatic carbocycles. The third-order valence-corrected chi connectivity index (χ3v) is 4.27. The van der Waals surface area contributed by atoms with Gasteiger partial charge in [-0.05, 0) is 12.1 Å². The highest BCUT2D eigenvalue weighted by Crippen LogP contribution is 2.15. The molecule has 0 aromatic heterocycles. The molecule has 0 aliphatic heterocycles. The Kier molecular flexibility index (Phi) is 6.36. The summed E-state index contributed by atoms with van der Waals surface area (Å²) in [5.74, 6) is -1.32. The molecule has 1 rings (SSSR count). The molecule has 0 heterocycles. The Morgan fingerprint density at radius 1 is 1.42 bits per heavy atom. The van der Waals surface area contributed by atoms with Crippen LogP contribution in [0.2, 0.25) is 0 Å². The highest BCUT2D eigenvalue weighted by molar-refractivity contribution is 7.91. The third-order valence-electron chi connectivity index (χ3n) is 2.45. The van der Waals surface area contributed by atoms with Gasteiger partial charge in [0.15, 0.2) is 9.84 Å². The van der Waals surface area contributed by atoms with E-state index in [2.05, 4.69) is 5.32 Å². The van der Waals surface area contributed by atoms with Crippen LogP contribution in [-0.2, 0) is 14.6 Å². The molecule has 108 valence electrons. The number of ether oxygens (including phenoxy) is 1. The fourth-order valence-electron chi connectivity index (χ4n) is 1.54. The van der Waals surface area contributed by atoms with E-state index in [9.17, 15) is 17.9 Å². The largest absolute Gasteiger partial charge is 0.391 e. The number of hydrogen-bond donors (Lipinski definition) is 2. The highest BCUT2D eigenvalue weighted by atomic mass is 32.2. The first-order chi connectivity index (χ1) is 8.97. The Bertz CT molecular complexity index is 492. The molecule has 0 bridgehead atoms. The molecule has 0 saturated carbocycles. The molecule has 0 saturated heterocycles. The van der Waals surface area contributed by atoms with Gasteiger partial charge >= 0.3 is 0 Å². The zero-order chi connectivity index (χ0) is 14.3. The van der Waals surface area contributed by atoms with Gasteiger partial charge in [0.25, 0.3) is 0 Å². The number of methoxy groups -OCH3 is 1. The van der Waals surface area contributed by atoms with E-state index >= 15 is 0 Å². The highest BCUT2D eigenvalue weighted by Gasteiger charge is 2.22. The van der Waals surface area contributed by atoms with Gasteiger partial charge in [0.2, 0.25) is 0 Å². The topological polar surface area (TPSA) is 75.6 Å². The summed E-state index contributed by atoms with van der Waals surface area (Å²) in [7, 11) is -2.29. The average molecular weight is 291 g/mol. The zero-order valence-corrected chi connectivity index (χ0v) is 11.5. The molecule has 7 heteroatoms. The number of benzene rings is 1. The van der Waals surface area contributed by atoms with Gasteiger partial charge in [0.1, 0.15) is 10.7 Å². The van der Waals surface area contributed by atoms with Crippen LogP contribution in [0.5, 0.6) is 0 Å². The van der Waals surface area contributed by atoms with Crippen LogP contribution in [-0.4, -0.2) is 52.2 Å². The molecule has 0 amide bonds. The van der Waals surface area contributed by atoms with Crippen molar-refractivity contribution in [3.8, 4) is 0 Å². The maximum atomic E-state index is 13.4. The Balaban J connectivity index is 2.58. The minimum atomic E-state index is -3.83. The van der Waals surface area contributed by atoms with Gasteiger partial charge in [-0.1, -0.05) is 12.1 Å². The quantitative estimate of drug-likeness (QED) is 0.669. The molecule has 5 nitrogen and oxygen atoms in total. The fraction of sp³-hybridized carbons (Fsp3) is 0.500. The molecule has 0 spiro atoms. The first-order valence-corrected chi connectivity index (χ1v) is 7.47. The molecule has 1 atom stereocenters. The number of aliphatic hydroxyl groups is 1. The number of sulfone groups is 1. The number of hydrogen-bond acceptors (Lipinski definition) is 5. The van der Waals surface area contributed by atoms with Gasteiger partial charge < -0.3 is 15.2 Å². The number of halogens is 1. The second-order valence-electron chi connectivity index (χ2n) is 4.06. The van der Waals surface area contributed by atoms with E-state index in [0.717, 1.165) is 6.07 Å². The van der Waals surface area contributed by atoms with E-state index in [-0.39, 0.29) is 11.4 Å². The summed E-state index contributed by atoms with van der Waals surface area (Å²) in [4.78, 5) is -0.383. The predicted octanol–water partition coefficient (Wildman–Crippen LogP) is 0.196. The van der Waals surface area contributed by atoms with Gasteiger partial charge in [0, 0.05) is 20.2 Å². The van der Waals surface area contributed by atoms with Crippen LogP contribution >= 0.6 is 0 Å². The molecular weight excluding hydrogens is 273 g/mol. The molecule has 19 heavy (non-hydrogen) atoms. The lowest BCUT2D eigenvalue weighted by molar-refractivity contribution is 0.174. The number of nitrogens with one attached hydrogen (secondary N) is 1. The van der Waals surface area contributed by atoms with E-state index in [0.29, 0.717) is 13.2 Å². The number of rotatable bonds is 8. The van der Waals surface area contributed by atoms with Crippen LogP contribution in [0, 0.1) is 5.82 Å². The molecular formula is C12H18FNO4S. The summed E-state index contributed by atoms with van der Waals surface area (Å²) in [5.41, 5.74) is 0. The SMILES string of the molecule is COCCNCC(O)CS(=O)(=O)c1ccccc1F. The second kappa shape index (κ2) is 7.54. The Morgan fingerprint density at radius 2 is 2.11 bits per heavy atom. The average Bonchev–Trinajstić information content (AvgIpc) is 2.34. The third kappa shape index (κ3) is 5.23. The predicted molar refractivity (Wildman–Crippen MR) is 69.2 cm³/mol. The summed E-state index contributed by atoms with van der Waals surface area (Å²) in [5, 5.41) is 12.5. The van der Waals surface area contributed by atoms with Gasteiger partial charge in [-0.3, -0.25) is 0 Å². The first-order valence-electron chi connectivity index (χ1n) is 5.82. The normalized spacial score (nSPS) is 13.4. The van der Waals surface area contributed by atoms with Crippen LogP contribution in [0.3, 0.4) is 0 Å². The molecule has 1 aromatic rings. The van der Waals surface area contributed by atoms with Crippen molar-refractivity contribution in [2.75, 3.05) is 32.6 Å². The minimum absolute atomic E-state index is 0.108. The van der Waals surface area contributed by atoms with Crippen LogP contribution in [0.4, 0.5) is 4.39 Å². The van der Waals surface area contributed by atoms with Crippen molar-refractivity contribution in [2.24, 2.45) is 0 Å². The summed E-state index contributed by atoms with van der Waals surface area (Å²) in [6.07, 6.45) is -1.10. The lowest BCUT2D eigenvalue weighted by atomic mass is 10.3. The van der Waals surface area contributed by atoms with Crippen LogP contribution < -0.4 is 5.32 Å². The van der Waals surface area contributed by atoms with E-state index in [1.807, 2.05) is 0 Å². The molecule has 0 fully saturated rings. The minimum Gasteiger partial charge on any atom is -0.391 e. The van der Waals surface area contributed by atoms with Crippen LogP contribution in [0.15, 0.2) is 29.2 Å². The van der Waals surface area contributed by atoms with E-state index < -0.39 is 27.5 Å². The maximum Gasteiger partial charge on any atom is 0.183 e. The second-order valence-corrected chi connectivity index (χ2v) is 6.07. The Morgan fingerprint density at radius 3 is 2.74 bits per heavy atom. The smallest absolute Gasteiger partial charge is 0.183 e. The Hall–Kier alpha value is -1.02. The van der Waals surface area contributed by atoms with Crippen molar-refractivity contribution in [3.05, 3.63) is 30.1 Å². The standard InChI is InChI=1S/C12H18FNO4S/c1-18-7-6-14-8-10(15)9-19(16,17)12-5-3-2-4-11(12)13/h2-5,10,14-15H,6-9H2,1H3.